The summed E-state index contributed by atoms with van der Waals surface area (Å²) >= 11 is 0. The van der Waals surface area contributed by atoms with E-state index in [0.29, 0.717) is 12.4 Å². The normalized spacial score (nSPS) is 10.9. The first-order valence-corrected chi connectivity index (χ1v) is 9.35. The Hall–Kier alpha value is -2.21. The highest BCUT2D eigenvalue weighted by Crippen LogP contribution is 2.28. The van der Waals surface area contributed by atoms with Crippen LogP contribution in [0.2, 0.25) is 0 Å². The molecule has 0 spiro atoms. The number of hydrogen-bond acceptors (Lipinski definition) is 5. The molecule has 0 radical (unpaired) electrons. The molecule has 0 aliphatic rings. The number of fused-ring (bicyclic) bond motifs is 3. The second-order valence-electron chi connectivity index (χ2n) is 5.84. The summed E-state index contributed by atoms with van der Waals surface area (Å²) in [5, 5.41) is 0. The van der Waals surface area contributed by atoms with Crippen LogP contribution in [0.1, 0.15) is 52.3 Å². The molecule has 0 aromatic carbocycles. The Morgan fingerprint density at radius 2 is 1.88 bits per heavy atom. The summed E-state index contributed by atoms with van der Waals surface area (Å²) in [4.78, 5) is 13.8. The van der Waals surface area contributed by atoms with E-state index in [1.807, 2.05) is 26.0 Å². The smallest absolute Gasteiger partial charge is 0.152 e. The van der Waals surface area contributed by atoms with Crippen molar-refractivity contribution < 1.29 is 0 Å². The zero-order chi connectivity index (χ0) is 18.2. The molecule has 3 rings (SSSR count). The number of imidazole rings is 1. The van der Waals surface area contributed by atoms with E-state index in [9.17, 15) is 0 Å². The number of aryl methyl sites for hydroxylation is 2. The standard InChI is InChI=1S/C17H24N6.C2H6/c1-2-3-8-13-22-15-16(23(13)11-5-4-9-18)14-12(21-17(15)19)7-6-10-20-14;1-2/h6-7,10H,2-5,8-9,11,18H2,1H3,(H2,19,21);1-2H3. The van der Waals surface area contributed by atoms with Gasteiger partial charge in [0.05, 0.1) is 5.52 Å². The van der Waals surface area contributed by atoms with Gasteiger partial charge in [0.15, 0.2) is 5.82 Å². The fourth-order valence-corrected chi connectivity index (χ4v) is 2.95. The fraction of sp³-hybridized carbons (Fsp3) is 0.526. The lowest BCUT2D eigenvalue weighted by atomic mass is 10.2. The average molecular weight is 342 g/mol. The Morgan fingerprint density at radius 3 is 2.60 bits per heavy atom. The summed E-state index contributed by atoms with van der Waals surface area (Å²) in [5.74, 6) is 1.56. The lowest BCUT2D eigenvalue weighted by Crippen LogP contribution is -2.07. The lowest BCUT2D eigenvalue weighted by molar-refractivity contribution is 0.593. The van der Waals surface area contributed by atoms with Gasteiger partial charge in [0.25, 0.3) is 0 Å². The van der Waals surface area contributed by atoms with E-state index in [1.165, 1.54) is 0 Å². The van der Waals surface area contributed by atoms with Gasteiger partial charge in [-0.05, 0) is 37.9 Å². The molecule has 0 saturated carbocycles. The molecule has 6 heteroatoms. The first-order chi connectivity index (χ1) is 12.3. The molecule has 0 amide bonds. The third-order valence-electron chi connectivity index (χ3n) is 4.13. The topological polar surface area (TPSA) is 95.6 Å². The van der Waals surface area contributed by atoms with Gasteiger partial charge < -0.3 is 16.0 Å². The van der Waals surface area contributed by atoms with Crippen molar-refractivity contribution in [2.45, 2.75) is 59.4 Å². The Morgan fingerprint density at radius 1 is 1.08 bits per heavy atom. The van der Waals surface area contributed by atoms with Crippen LogP contribution in [-0.4, -0.2) is 26.1 Å². The van der Waals surface area contributed by atoms with E-state index in [-0.39, 0.29) is 0 Å². The molecular formula is C19H30N6. The van der Waals surface area contributed by atoms with E-state index in [2.05, 4.69) is 21.5 Å². The molecule has 3 aromatic heterocycles. The number of pyridine rings is 2. The third-order valence-corrected chi connectivity index (χ3v) is 4.13. The SMILES string of the molecule is CC.CCCCc1nc2c(N)nc3cccnc3c2n1CCCCN. The molecule has 3 aromatic rings. The van der Waals surface area contributed by atoms with Crippen LogP contribution in [0.5, 0.6) is 0 Å². The molecule has 0 unspecified atom stereocenters. The van der Waals surface area contributed by atoms with E-state index >= 15 is 0 Å². The highest BCUT2D eigenvalue weighted by molar-refractivity contribution is 6.04. The van der Waals surface area contributed by atoms with Crippen LogP contribution in [0, 0.1) is 0 Å². The van der Waals surface area contributed by atoms with Gasteiger partial charge in [0.2, 0.25) is 0 Å². The van der Waals surface area contributed by atoms with Crippen molar-refractivity contribution in [3.05, 3.63) is 24.2 Å². The average Bonchev–Trinajstić information content (AvgIpc) is 3.01. The van der Waals surface area contributed by atoms with Gasteiger partial charge >= 0.3 is 0 Å². The predicted molar refractivity (Wildman–Crippen MR) is 105 cm³/mol. The molecule has 6 nitrogen and oxygen atoms in total. The molecule has 0 fully saturated rings. The number of hydrogen-bond donors (Lipinski definition) is 2. The lowest BCUT2D eigenvalue weighted by Gasteiger charge is -2.10. The van der Waals surface area contributed by atoms with Crippen molar-refractivity contribution in [1.82, 2.24) is 19.5 Å². The van der Waals surface area contributed by atoms with Gasteiger partial charge in [-0.1, -0.05) is 27.2 Å². The van der Waals surface area contributed by atoms with Crippen LogP contribution >= 0.6 is 0 Å². The third kappa shape index (κ3) is 4.07. The van der Waals surface area contributed by atoms with Crippen LogP contribution in [0.3, 0.4) is 0 Å². The van der Waals surface area contributed by atoms with Crippen molar-refractivity contribution in [3.8, 4) is 0 Å². The summed E-state index contributed by atoms with van der Waals surface area (Å²) < 4.78 is 2.27. The summed E-state index contributed by atoms with van der Waals surface area (Å²) in [5.41, 5.74) is 15.3. The maximum absolute atomic E-state index is 6.15. The minimum Gasteiger partial charge on any atom is -0.382 e. The van der Waals surface area contributed by atoms with Crippen molar-refractivity contribution in [1.29, 1.82) is 0 Å². The summed E-state index contributed by atoms with van der Waals surface area (Å²) in [7, 11) is 0. The first-order valence-electron chi connectivity index (χ1n) is 9.35. The minimum atomic E-state index is 0.482. The van der Waals surface area contributed by atoms with E-state index in [0.717, 1.165) is 66.5 Å². The number of anilines is 1. The zero-order valence-corrected chi connectivity index (χ0v) is 15.6. The Labute approximate surface area is 149 Å². The van der Waals surface area contributed by atoms with Crippen molar-refractivity contribution in [2.24, 2.45) is 5.73 Å². The molecular weight excluding hydrogens is 312 g/mol. The van der Waals surface area contributed by atoms with Crippen molar-refractivity contribution in [2.75, 3.05) is 12.3 Å². The molecule has 136 valence electrons. The molecule has 0 aliphatic heterocycles. The Bertz CT molecular complexity index is 808. The van der Waals surface area contributed by atoms with Gasteiger partial charge in [-0.2, -0.15) is 0 Å². The molecule has 0 atom stereocenters. The van der Waals surface area contributed by atoms with Crippen molar-refractivity contribution in [3.63, 3.8) is 0 Å². The van der Waals surface area contributed by atoms with Crippen LogP contribution in [-0.2, 0) is 13.0 Å². The van der Waals surface area contributed by atoms with E-state index in [1.54, 1.807) is 6.20 Å². The van der Waals surface area contributed by atoms with Gasteiger partial charge in [-0.3, -0.25) is 4.98 Å². The van der Waals surface area contributed by atoms with Crippen LogP contribution < -0.4 is 11.5 Å². The van der Waals surface area contributed by atoms with E-state index < -0.39 is 0 Å². The Balaban J connectivity index is 0.00000109. The van der Waals surface area contributed by atoms with Gasteiger partial charge in [0, 0.05) is 19.2 Å². The number of unbranched alkanes of at least 4 members (excludes halogenated alkanes) is 2. The van der Waals surface area contributed by atoms with Crippen LogP contribution in [0.4, 0.5) is 5.82 Å². The van der Waals surface area contributed by atoms with E-state index in [4.69, 9.17) is 16.5 Å². The second kappa shape index (κ2) is 9.32. The molecule has 0 saturated heterocycles. The second-order valence-corrected chi connectivity index (χ2v) is 5.84. The van der Waals surface area contributed by atoms with Gasteiger partial charge in [-0.25, -0.2) is 9.97 Å². The van der Waals surface area contributed by atoms with Crippen LogP contribution in [0.25, 0.3) is 22.1 Å². The molecule has 3 heterocycles. The predicted octanol–water partition coefficient (Wildman–Crippen LogP) is 3.67. The summed E-state index contributed by atoms with van der Waals surface area (Å²) in [6.07, 6.45) is 7.01. The fourth-order valence-electron chi connectivity index (χ4n) is 2.95. The monoisotopic (exact) mass is 342 g/mol. The summed E-state index contributed by atoms with van der Waals surface area (Å²) in [6.45, 7) is 7.79. The molecule has 25 heavy (non-hydrogen) atoms. The molecule has 4 N–H and O–H groups in total. The first kappa shape index (κ1) is 19.1. The molecule has 0 aliphatic carbocycles. The maximum atomic E-state index is 6.15. The number of nitrogens with zero attached hydrogens (tertiary/aromatic N) is 4. The van der Waals surface area contributed by atoms with Gasteiger partial charge in [0.1, 0.15) is 22.4 Å². The van der Waals surface area contributed by atoms with Gasteiger partial charge in [-0.15, -0.1) is 0 Å². The van der Waals surface area contributed by atoms with Crippen molar-refractivity contribution >= 4 is 27.9 Å². The van der Waals surface area contributed by atoms with Crippen LogP contribution in [0.15, 0.2) is 18.3 Å². The molecule has 0 bridgehead atoms. The highest BCUT2D eigenvalue weighted by atomic mass is 15.1. The number of rotatable bonds is 7. The largest absolute Gasteiger partial charge is 0.382 e. The quantitative estimate of drug-likeness (QED) is 0.639. The summed E-state index contributed by atoms with van der Waals surface area (Å²) in [6, 6.07) is 3.83. The zero-order valence-electron chi connectivity index (χ0n) is 15.6. The number of nitrogens with two attached hydrogens (primary N) is 2. The number of aromatic nitrogens is 4. The Kier molecular flexibility index (Phi) is 7.13. The minimum absolute atomic E-state index is 0.482. The maximum Gasteiger partial charge on any atom is 0.152 e. The number of nitrogen functional groups attached to an aromatic ring is 1. The highest BCUT2D eigenvalue weighted by Gasteiger charge is 2.17.